The van der Waals surface area contributed by atoms with Crippen molar-refractivity contribution in [3.8, 4) is 0 Å². The van der Waals surface area contributed by atoms with E-state index in [1.54, 1.807) is 0 Å². The third-order valence-electron chi connectivity index (χ3n) is 8.05. The van der Waals surface area contributed by atoms with Gasteiger partial charge < -0.3 is 9.30 Å². The van der Waals surface area contributed by atoms with Crippen LogP contribution in [0.3, 0.4) is 0 Å². The molecule has 0 amide bonds. The van der Waals surface area contributed by atoms with Crippen LogP contribution in [0.5, 0.6) is 0 Å². The molecule has 1 aliphatic heterocycles. The van der Waals surface area contributed by atoms with Gasteiger partial charge in [0, 0.05) is 47.7 Å². The number of rotatable bonds is 4. The standard InChI is InChI=1S/C27H38N2O2.ClH/c1-17(2)28-15-19-14-25-23(22-11-8-12-24(28)26(19)22)13-20(16-29(25)18(3)4)27(30)31-21-9-6-5-7-10-21;/h8,11-12,15,17-18,20-21,23,25H,5-7,9-10,13-14,16H2,1-4H3;1H/t20-,23?,25?;/m1./s1. The van der Waals surface area contributed by atoms with Crippen molar-refractivity contribution in [1.29, 1.82) is 0 Å². The summed E-state index contributed by atoms with van der Waals surface area (Å²) in [5.41, 5.74) is 4.28. The number of esters is 1. The Labute approximate surface area is 199 Å². The Morgan fingerprint density at radius 3 is 2.50 bits per heavy atom. The van der Waals surface area contributed by atoms with Gasteiger partial charge in [0.15, 0.2) is 0 Å². The first kappa shape index (κ1) is 23.6. The van der Waals surface area contributed by atoms with Crippen molar-refractivity contribution in [2.75, 3.05) is 6.54 Å². The van der Waals surface area contributed by atoms with Gasteiger partial charge >= 0.3 is 5.97 Å². The second-order valence-electron chi connectivity index (χ2n) is 10.7. The van der Waals surface area contributed by atoms with Crippen LogP contribution in [0.2, 0.25) is 0 Å². The Hall–Kier alpha value is -1.52. The average molecular weight is 459 g/mol. The topological polar surface area (TPSA) is 34.5 Å². The van der Waals surface area contributed by atoms with Gasteiger partial charge in [-0.1, -0.05) is 18.6 Å². The molecule has 2 aliphatic carbocycles. The maximum atomic E-state index is 13.2. The SMILES string of the molecule is CC(C)N1C[C@H](C(=O)OC2CCCCC2)CC2c3cccc4c3c(cn4C(C)C)CC21.Cl. The molecule has 2 aromatic rings. The summed E-state index contributed by atoms with van der Waals surface area (Å²) >= 11 is 0. The van der Waals surface area contributed by atoms with E-state index in [0.29, 0.717) is 24.0 Å². The van der Waals surface area contributed by atoms with E-state index in [1.165, 1.54) is 41.3 Å². The van der Waals surface area contributed by atoms with Gasteiger partial charge in [0.2, 0.25) is 0 Å². The van der Waals surface area contributed by atoms with Crippen molar-refractivity contribution in [2.45, 2.75) is 103 Å². The number of ether oxygens (including phenoxy) is 1. The lowest BCUT2D eigenvalue weighted by Gasteiger charge is -2.48. The van der Waals surface area contributed by atoms with Crippen molar-refractivity contribution < 1.29 is 9.53 Å². The Kier molecular flexibility index (Phi) is 6.93. The number of benzene rings is 1. The van der Waals surface area contributed by atoms with E-state index >= 15 is 0 Å². The third-order valence-corrected chi connectivity index (χ3v) is 8.05. The number of halogens is 1. The summed E-state index contributed by atoms with van der Waals surface area (Å²) in [5, 5.41) is 1.45. The summed E-state index contributed by atoms with van der Waals surface area (Å²) in [4.78, 5) is 15.8. The van der Waals surface area contributed by atoms with Crippen LogP contribution in [0.4, 0.5) is 0 Å². The van der Waals surface area contributed by atoms with Crippen LogP contribution >= 0.6 is 12.4 Å². The van der Waals surface area contributed by atoms with Crippen LogP contribution in [-0.4, -0.2) is 40.2 Å². The Morgan fingerprint density at radius 2 is 1.81 bits per heavy atom. The fourth-order valence-corrected chi connectivity index (χ4v) is 6.50. The molecule has 2 heterocycles. The van der Waals surface area contributed by atoms with E-state index in [4.69, 9.17) is 4.74 Å². The summed E-state index contributed by atoms with van der Waals surface area (Å²) in [6.07, 6.45) is 10.3. The number of hydrogen-bond acceptors (Lipinski definition) is 3. The van der Waals surface area contributed by atoms with E-state index in [-0.39, 0.29) is 30.4 Å². The highest BCUT2D eigenvalue weighted by molar-refractivity contribution is 5.89. The van der Waals surface area contributed by atoms with E-state index in [9.17, 15) is 4.79 Å². The second-order valence-corrected chi connectivity index (χ2v) is 10.7. The molecule has 2 fully saturated rings. The zero-order valence-corrected chi connectivity index (χ0v) is 20.9. The highest BCUT2D eigenvalue weighted by Crippen LogP contribution is 2.46. The fourth-order valence-electron chi connectivity index (χ4n) is 6.50. The van der Waals surface area contributed by atoms with Crippen LogP contribution in [0.15, 0.2) is 24.4 Å². The second kappa shape index (κ2) is 9.38. The van der Waals surface area contributed by atoms with E-state index in [1.807, 2.05) is 0 Å². The highest BCUT2D eigenvalue weighted by atomic mass is 35.5. The predicted molar refractivity (Wildman–Crippen MR) is 133 cm³/mol. The molecule has 32 heavy (non-hydrogen) atoms. The molecule has 4 nitrogen and oxygen atoms in total. The van der Waals surface area contributed by atoms with E-state index in [0.717, 1.165) is 32.2 Å². The van der Waals surface area contributed by atoms with Gasteiger partial charge in [0.25, 0.3) is 0 Å². The van der Waals surface area contributed by atoms with Crippen LogP contribution < -0.4 is 0 Å². The normalized spacial score (nSPS) is 26.2. The van der Waals surface area contributed by atoms with Gasteiger partial charge in [-0.2, -0.15) is 0 Å². The van der Waals surface area contributed by atoms with Crippen molar-refractivity contribution in [3.05, 3.63) is 35.5 Å². The molecule has 0 N–H and O–H groups in total. The molecule has 0 spiro atoms. The van der Waals surface area contributed by atoms with Crippen LogP contribution in [0.25, 0.3) is 10.9 Å². The summed E-state index contributed by atoms with van der Waals surface area (Å²) < 4.78 is 8.48. The zero-order valence-electron chi connectivity index (χ0n) is 20.0. The van der Waals surface area contributed by atoms with Crippen molar-refractivity contribution in [2.24, 2.45) is 5.92 Å². The van der Waals surface area contributed by atoms with Gasteiger partial charge in [0.05, 0.1) is 5.92 Å². The van der Waals surface area contributed by atoms with Gasteiger partial charge in [-0.3, -0.25) is 9.69 Å². The molecule has 3 atom stereocenters. The summed E-state index contributed by atoms with van der Waals surface area (Å²) in [5.74, 6) is 0.433. The quantitative estimate of drug-likeness (QED) is 0.507. The highest BCUT2D eigenvalue weighted by Gasteiger charge is 2.44. The minimum atomic E-state index is -0.0189. The molecular weight excluding hydrogens is 420 g/mol. The van der Waals surface area contributed by atoms with Crippen LogP contribution in [0, 0.1) is 5.92 Å². The lowest BCUT2D eigenvalue weighted by atomic mass is 9.72. The maximum Gasteiger partial charge on any atom is 0.310 e. The van der Waals surface area contributed by atoms with Gasteiger partial charge in [0.1, 0.15) is 6.10 Å². The van der Waals surface area contributed by atoms with Crippen LogP contribution in [0.1, 0.15) is 89.3 Å². The number of likely N-dealkylation sites (tertiary alicyclic amines) is 1. The molecule has 3 aliphatic rings. The molecule has 176 valence electrons. The van der Waals surface area contributed by atoms with Crippen molar-refractivity contribution in [1.82, 2.24) is 9.47 Å². The molecule has 0 radical (unpaired) electrons. The first-order valence-electron chi connectivity index (χ1n) is 12.5. The monoisotopic (exact) mass is 458 g/mol. The molecule has 1 aromatic heterocycles. The van der Waals surface area contributed by atoms with E-state index < -0.39 is 0 Å². The van der Waals surface area contributed by atoms with Gasteiger partial charge in [-0.15, -0.1) is 12.4 Å². The third kappa shape index (κ3) is 4.09. The lowest BCUT2D eigenvalue weighted by molar-refractivity contribution is -0.159. The molecule has 2 unspecified atom stereocenters. The summed E-state index contributed by atoms with van der Waals surface area (Å²) in [6.45, 7) is 9.92. The molecule has 0 bridgehead atoms. The zero-order chi connectivity index (χ0) is 21.7. The number of fused-ring (bicyclic) bond motifs is 2. The molecular formula is C27H39ClN2O2. The number of carbonyl (C=O) groups excluding carboxylic acids is 1. The number of hydrogen-bond donors (Lipinski definition) is 0. The average Bonchev–Trinajstić information content (AvgIpc) is 3.14. The molecule has 1 aromatic carbocycles. The largest absolute Gasteiger partial charge is 0.462 e. The first-order valence-corrected chi connectivity index (χ1v) is 12.5. The van der Waals surface area contributed by atoms with Crippen molar-refractivity contribution in [3.63, 3.8) is 0 Å². The Balaban J connectivity index is 0.00000245. The number of nitrogens with zero attached hydrogens (tertiary/aromatic N) is 2. The Morgan fingerprint density at radius 1 is 1.06 bits per heavy atom. The van der Waals surface area contributed by atoms with Crippen LogP contribution in [-0.2, 0) is 16.0 Å². The minimum absolute atomic E-state index is 0. The molecule has 1 saturated heterocycles. The number of carbonyl (C=O) groups is 1. The number of piperidine rings is 1. The maximum absolute atomic E-state index is 13.2. The van der Waals surface area contributed by atoms with Gasteiger partial charge in [-0.05, 0) is 83.4 Å². The first-order chi connectivity index (χ1) is 14.9. The van der Waals surface area contributed by atoms with Crippen molar-refractivity contribution >= 4 is 29.3 Å². The minimum Gasteiger partial charge on any atom is -0.462 e. The van der Waals surface area contributed by atoms with Gasteiger partial charge in [-0.25, -0.2) is 0 Å². The fraction of sp³-hybridized carbons (Fsp3) is 0.667. The summed E-state index contributed by atoms with van der Waals surface area (Å²) in [6, 6.07) is 8.14. The Bertz CT molecular complexity index is 960. The number of aromatic nitrogens is 1. The smallest absolute Gasteiger partial charge is 0.310 e. The summed E-state index contributed by atoms with van der Waals surface area (Å²) in [7, 11) is 0. The molecule has 5 heteroatoms. The van der Waals surface area contributed by atoms with E-state index in [2.05, 4.69) is 61.6 Å². The molecule has 1 saturated carbocycles. The molecule has 5 rings (SSSR count). The lowest BCUT2D eigenvalue weighted by Crippen LogP contribution is -2.54. The predicted octanol–water partition coefficient (Wildman–Crippen LogP) is 6.26.